The van der Waals surface area contributed by atoms with Gasteiger partial charge in [0, 0.05) is 24.8 Å². The van der Waals surface area contributed by atoms with Gasteiger partial charge in [-0.25, -0.2) is 4.79 Å². The average molecular weight is 293 g/mol. The lowest BCUT2D eigenvalue weighted by Crippen LogP contribution is -2.31. The third-order valence-corrected chi connectivity index (χ3v) is 4.28. The first-order valence-corrected chi connectivity index (χ1v) is 7.66. The second-order valence-electron chi connectivity index (χ2n) is 6.11. The zero-order valence-corrected chi connectivity index (χ0v) is 12.8. The van der Waals surface area contributed by atoms with Crippen molar-refractivity contribution in [3.8, 4) is 0 Å². The van der Waals surface area contributed by atoms with Gasteiger partial charge in [0.2, 0.25) is 5.76 Å². The molecule has 0 N–H and O–H groups in total. The molecule has 2 heterocycles. The maximum absolute atomic E-state index is 11.6. The van der Waals surface area contributed by atoms with Gasteiger partial charge in [0.05, 0.1) is 20.3 Å². The van der Waals surface area contributed by atoms with Gasteiger partial charge in [0.25, 0.3) is 0 Å². The van der Waals surface area contributed by atoms with Crippen molar-refractivity contribution in [3.63, 3.8) is 0 Å². The number of hydrogen-bond donors (Lipinski definition) is 0. The first kappa shape index (κ1) is 14.6. The molecule has 5 nitrogen and oxygen atoms in total. The van der Waals surface area contributed by atoms with E-state index in [0.29, 0.717) is 17.7 Å². The van der Waals surface area contributed by atoms with Crippen LogP contribution in [0.4, 0.5) is 0 Å². The average Bonchev–Trinajstić information content (AvgIpc) is 3.08. The van der Waals surface area contributed by atoms with Crippen LogP contribution in [0, 0.1) is 12.8 Å². The van der Waals surface area contributed by atoms with Crippen molar-refractivity contribution in [2.75, 3.05) is 26.9 Å². The molecule has 1 aliphatic carbocycles. The maximum atomic E-state index is 11.6. The van der Waals surface area contributed by atoms with Gasteiger partial charge >= 0.3 is 5.97 Å². The molecule has 5 heteroatoms. The van der Waals surface area contributed by atoms with Gasteiger partial charge in [-0.3, -0.25) is 4.90 Å². The summed E-state index contributed by atoms with van der Waals surface area (Å²) < 4.78 is 15.9. The standard InChI is InChI=1S/C16H23NO4/c1-11-7-14(21-15(11)16(18)19-2)9-17(13-3-4-13)8-12-5-6-20-10-12/h7,12-13H,3-6,8-10H2,1-2H3/t12-/m0/s1. The molecule has 0 amide bonds. The van der Waals surface area contributed by atoms with E-state index in [1.165, 1.54) is 20.0 Å². The zero-order chi connectivity index (χ0) is 14.8. The van der Waals surface area contributed by atoms with Gasteiger partial charge in [-0.1, -0.05) is 0 Å². The number of ether oxygens (including phenoxy) is 2. The summed E-state index contributed by atoms with van der Waals surface area (Å²) in [4.78, 5) is 14.1. The van der Waals surface area contributed by atoms with E-state index >= 15 is 0 Å². The Morgan fingerprint density at radius 3 is 2.86 bits per heavy atom. The zero-order valence-electron chi connectivity index (χ0n) is 12.8. The molecule has 1 saturated carbocycles. The van der Waals surface area contributed by atoms with Crippen molar-refractivity contribution in [1.29, 1.82) is 0 Å². The van der Waals surface area contributed by atoms with Gasteiger partial charge in [0.15, 0.2) is 0 Å². The van der Waals surface area contributed by atoms with Crippen LogP contribution in [0.5, 0.6) is 0 Å². The van der Waals surface area contributed by atoms with Crippen molar-refractivity contribution in [1.82, 2.24) is 4.90 Å². The lowest BCUT2D eigenvalue weighted by Gasteiger charge is -2.23. The molecule has 1 aliphatic heterocycles. The monoisotopic (exact) mass is 293 g/mol. The van der Waals surface area contributed by atoms with Crippen molar-refractivity contribution in [3.05, 3.63) is 23.2 Å². The van der Waals surface area contributed by atoms with Crippen LogP contribution in [0.15, 0.2) is 10.5 Å². The summed E-state index contributed by atoms with van der Waals surface area (Å²) in [5.41, 5.74) is 0.844. The van der Waals surface area contributed by atoms with Crippen molar-refractivity contribution >= 4 is 5.97 Å². The lowest BCUT2D eigenvalue weighted by molar-refractivity contribution is 0.0559. The second-order valence-corrected chi connectivity index (χ2v) is 6.11. The van der Waals surface area contributed by atoms with Crippen LogP contribution in [-0.2, 0) is 16.0 Å². The minimum absolute atomic E-state index is 0.326. The Kier molecular flexibility index (Phi) is 4.31. The Labute approximate surface area is 125 Å². The molecule has 0 bridgehead atoms. The number of hydrogen-bond acceptors (Lipinski definition) is 5. The van der Waals surface area contributed by atoms with Crippen LogP contribution >= 0.6 is 0 Å². The number of rotatable bonds is 6. The summed E-state index contributed by atoms with van der Waals surface area (Å²) >= 11 is 0. The van der Waals surface area contributed by atoms with E-state index in [2.05, 4.69) is 4.90 Å². The summed E-state index contributed by atoms with van der Waals surface area (Å²) in [6, 6.07) is 2.62. The molecule has 1 aromatic rings. The highest BCUT2D eigenvalue weighted by atomic mass is 16.5. The van der Waals surface area contributed by atoms with Gasteiger partial charge in [-0.05, 0) is 38.2 Å². The smallest absolute Gasteiger partial charge is 0.374 e. The topological polar surface area (TPSA) is 51.9 Å². The number of esters is 1. The summed E-state index contributed by atoms with van der Waals surface area (Å²) in [6.07, 6.45) is 3.67. The van der Waals surface area contributed by atoms with Crippen LogP contribution in [0.1, 0.15) is 41.1 Å². The van der Waals surface area contributed by atoms with E-state index in [1.807, 2.05) is 13.0 Å². The van der Waals surface area contributed by atoms with Crippen LogP contribution in [0.25, 0.3) is 0 Å². The minimum Gasteiger partial charge on any atom is -0.463 e. The molecule has 2 fully saturated rings. The molecule has 116 valence electrons. The van der Waals surface area contributed by atoms with E-state index in [9.17, 15) is 4.79 Å². The largest absolute Gasteiger partial charge is 0.463 e. The minimum atomic E-state index is -0.402. The Hall–Kier alpha value is -1.33. The quantitative estimate of drug-likeness (QED) is 0.754. The molecular formula is C16H23NO4. The Bertz CT molecular complexity index is 500. The fraction of sp³-hybridized carbons (Fsp3) is 0.688. The molecule has 2 aliphatic rings. The summed E-state index contributed by atoms with van der Waals surface area (Å²) in [5.74, 6) is 1.40. The molecule has 21 heavy (non-hydrogen) atoms. The van der Waals surface area contributed by atoms with Gasteiger partial charge in [-0.15, -0.1) is 0 Å². The van der Waals surface area contributed by atoms with Gasteiger partial charge in [0.1, 0.15) is 5.76 Å². The molecule has 0 radical (unpaired) electrons. The van der Waals surface area contributed by atoms with Crippen LogP contribution in [0.2, 0.25) is 0 Å². The SMILES string of the molecule is COC(=O)c1oc(CN(C[C@@H]2CCOC2)C2CC2)cc1C. The van der Waals surface area contributed by atoms with Crippen LogP contribution < -0.4 is 0 Å². The summed E-state index contributed by atoms with van der Waals surface area (Å²) in [5, 5.41) is 0. The second kappa shape index (κ2) is 6.20. The molecule has 1 atom stereocenters. The maximum Gasteiger partial charge on any atom is 0.374 e. The van der Waals surface area contributed by atoms with Crippen molar-refractivity contribution < 1.29 is 18.7 Å². The highest BCUT2D eigenvalue weighted by Crippen LogP contribution is 2.31. The summed E-state index contributed by atoms with van der Waals surface area (Å²) in [7, 11) is 1.38. The fourth-order valence-corrected chi connectivity index (χ4v) is 2.96. The third-order valence-electron chi connectivity index (χ3n) is 4.28. The Morgan fingerprint density at radius 1 is 1.43 bits per heavy atom. The predicted molar refractivity (Wildman–Crippen MR) is 77.1 cm³/mol. The van der Waals surface area contributed by atoms with Crippen LogP contribution in [0.3, 0.4) is 0 Å². The molecule has 0 aromatic carbocycles. The number of carbonyl (C=O) groups excluding carboxylic acids is 1. The third kappa shape index (κ3) is 3.47. The highest BCUT2D eigenvalue weighted by molar-refractivity contribution is 5.87. The van der Waals surface area contributed by atoms with E-state index in [0.717, 1.165) is 44.0 Å². The molecule has 1 saturated heterocycles. The normalized spacial score (nSPS) is 22.0. The van der Waals surface area contributed by atoms with E-state index in [1.54, 1.807) is 0 Å². The van der Waals surface area contributed by atoms with Crippen LogP contribution in [-0.4, -0.2) is 43.8 Å². The highest BCUT2D eigenvalue weighted by Gasteiger charge is 2.32. The number of furan rings is 1. The molecular weight excluding hydrogens is 270 g/mol. The first-order valence-electron chi connectivity index (χ1n) is 7.66. The Morgan fingerprint density at radius 2 is 2.24 bits per heavy atom. The van der Waals surface area contributed by atoms with Gasteiger partial charge < -0.3 is 13.9 Å². The molecule has 1 aromatic heterocycles. The number of carbonyl (C=O) groups is 1. The lowest BCUT2D eigenvalue weighted by atomic mass is 10.1. The number of nitrogens with zero attached hydrogens (tertiary/aromatic N) is 1. The van der Waals surface area contributed by atoms with E-state index in [4.69, 9.17) is 13.9 Å². The Balaban J connectivity index is 1.66. The van der Waals surface area contributed by atoms with Crippen molar-refractivity contribution in [2.24, 2.45) is 5.92 Å². The summed E-state index contributed by atoms with van der Waals surface area (Å²) in [6.45, 7) is 5.45. The fourth-order valence-electron chi connectivity index (χ4n) is 2.96. The van der Waals surface area contributed by atoms with Gasteiger partial charge in [-0.2, -0.15) is 0 Å². The molecule has 3 rings (SSSR count). The molecule has 0 spiro atoms. The number of aryl methyl sites for hydroxylation is 1. The first-order chi connectivity index (χ1) is 10.2. The molecule has 0 unspecified atom stereocenters. The predicted octanol–water partition coefficient (Wildman–Crippen LogP) is 2.38. The number of methoxy groups -OCH3 is 1. The van der Waals surface area contributed by atoms with Crippen molar-refractivity contribution in [2.45, 2.75) is 38.8 Å². The van der Waals surface area contributed by atoms with E-state index < -0.39 is 5.97 Å². The van der Waals surface area contributed by atoms with E-state index in [-0.39, 0.29) is 0 Å².